The molecule has 1 aliphatic heterocycles. The second-order valence-electron chi connectivity index (χ2n) is 5.94. The number of fused-ring (bicyclic) bond motifs is 1. The van der Waals surface area contributed by atoms with E-state index in [2.05, 4.69) is 11.7 Å². The fourth-order valence-corrected chi connectivity index (χ4v) is 3.65. The van der Waals surface area contributed by atoms with Crippen LogP contribution in [0.4, 0.5) is 4.39 Å². The maximum Gasteiger partial charge on any atom is 0.233 e. The van der Waals surface area contributed by atoms with Crippen molar-refractivity contribution in [2.24, 2.45) is 0 Å². The Hall–Kier alpha value is -2.38. The van der Waals surface area contributed by atoms with Gasteiger partial charge in [0, 0.05) is 40.7 Å². The number of halogens is 1. The zero-order valence-electron chi connectivity index (χ0n) is 14.4. The van der Waals surface area contributed by atoms with Crippen LogP contribution in [-0.4, -0.2) is 31.7 Å². The van der Waals surface area contributed by atoms with Gasteiger partial charge < -0.3 is 10.0 Å². The molecule has 1 amide bonds. The Morgan fingerprint density at radius 2 is 2.23 bits per heavy atom. The Morgan fingerprint density at radius 1 is 1.46 bits per heavy atom. The zero-order chi connectivity index (χ0) is 18.7. The van der Waals surface area contributed by atoms with Gasteiger partial charge >= 0.3 is 0 Å². The monoisotopic (exact) mass is 373 g/mol. The Balaban J connectivity index is 1.73. The summed E-state index contributed by atoms with van der Waals surface area (Å²) in [7, 11) is 0. The molecule has 0 saturated heterocycles. The van der Waals surface area contributed by atoms with Gasteiger partial charge in [0.15, 0.2) is 0 Å². The van der Waals surface area contributed by atoms with Gasteiger partial charge in [-0.25, -0.2) is 8.48 Å². The highest BCUT2D eigenvalue weighted by Gasteiger charge is 2.32. The van der Waals surface area contributed by atoms with E-state index in [-0.39, 0.29) is 11.5 Å². The van der Waals surface area contributed by atoms with Crippen molar-refractivity contribution in [3.63, 3.8) is 0 Å². The van der Waals surface area contributed by atoms with Crippen molar-refractivity contribution in [3.05, 3.63) is 76.7 Å². The third-order valence-electron chi connectivity index (χ3n) is 4.32. The molecule has 26 heavy (non-hydrogen) atoms. The first-order chi connectivity index (χ1) is 12.6. The quantitative estimate of drug-likeness (QED) is 0.790. The van der Waals surface area contributed by atoms with Crippen LogP contribution in [0.15, 0.2) is 54.1 Å². The number of nitrogens with zero attached hydrogens (tertiary/aromatic N) is 3. The van der Waals surface area contributed by atoms with Crippen LogP contribution in [-0.2, 0) is 17.9 Å². The number of aliphatic hydroxyl groups excluding tert-OH is 1. The lowest BCUT2D eigenvalue weighted by atomic mass is 9.98. The molecule has 7 heteroatoms. The molecule has 1 aromatic heterocycles. The lowest BCUT2D eigenvalue weighted by molar-refractivity contribution is -0.134. The topological polar surface area (TPSA) is 58.4 Å². The molecule has 3 rings (SSSR count). The molecular formula is C19H20FN3O2S. The smallest absolute Gasteiger partial charge is 0.233 e. The van der Waals surface area contributed by atoms with Crippen LogP contribution in [0, 0.1) is 5.82 Å². The summed E-state index contributed by atoms with van der Waals surface area (Å²) in [5.41, 5.74) is 1.99. The van der Waals surface area contributed by atoms with Crippen molar-refractivity contribution >= 4 is 17.9 Å². The molecule has 0 saturated carbocycles. The predicted molar refractivity (Wildman–Crippen MR) is 99.7 cm³/mol. The minimum absolute atomic E-state index is 0.217. The molecule has 0 bridgehead atoms. The van der Waals surface area contributed by atoms with E-state index >= 15 is 0 Å². The molecule has 2 heterocycles. The number of amides is 1. The van der Waals surface area contributed by atoms with E-state index in [0.29, 0.717) is 13.1 Å². The number of hydrogen-bond acceptors (Lipinski definition) is 4. The van der Waals surface area contributed by atoms with Crippen LogP contribution in [0.5, 0.6) is 0 Å². The summed E-state index contributed by atoms with van der Waals surface area (Å²) < 4.78 is 15.8. The van der Waals surface area contributed by atoms with Crippen LogP contribution in [0.2, 0.25) is 0 Å². The predicted octanol–water partition coefficient (Wildman–Crippen LogP) is 3.23. The number of aromatic nitrogens is 2. The number of aliphatic hydroxyl groups is 1. The van der Waals surface area contributed by atoms with Crippen LogP contribution in [0.1, 0.15) is 29.7 Å². The Kier molecular flexibility index (Phi) is 5.58. The summed E-state index contributed by atoms with van der Waals surface area (Å²) in [5.74, 6) is -1.69. The van der Waals surface area contributed by atoms with Crippen molar-refractivity contribution in [3.8, 4) is 0 Å². The van der Waals surface area contributed by atoms with Gasteiger partial charge in [-0.1, -0.05) is 36.9 Å². The Morgan fingerprint density at radius 3 is 2.85 bits per heavy atom. The molecule has 1 unspecified atom stereocenters. The second kappa shape index (κ2) is 7.88. The minimum atomic E-state index is -0.905. The fourth-order valence-electron chi connectivity index (χ4n) is 2.93. The van der Waals surface area contributed by atoms with E-state index in [1.54, 1.807) is 27.2 Å². The minimum Gasteiger partial charge on any atom is -0.395 e. The number of benzene rings is 1. The third kappa shape index (κ3) is 3.59. The standard InChI is InChI=1S/C19H20FN3O2S/c1-3-14(4-2)26-23-10-13-9-22(11-18(13)21-23)19(25)16(12-24)15-7-5-6-8-17(15)20/h3-8,10,16,24H,1,9,11-12H2,2H3/b14-4+. The van der Waals surface area contributed by atoms with Crippen molar-refractivity contribution in [1.82, 2.24) is 14.1 Å². The van der Waals surface area contributed by atoms with Crippen LogP contribution in [0.3, 0.4) is 0 Å². The van der Waals surface area contributed by atoms with Gasteiger partial charge in [0.2, 0.25) is 5.91 Å². The lowest BCUT2D eigenvalue weighted by Crippen LogP contribution is -2.33. The van der Waals surface area contributed by atoms with Gasteiger partial charge in [0.1, 0.15) is 5.82 Å². The van der Waals surface area contributed by atoms with Gasteiger partial charge in [-0.3, -0.25) is 4.79 Å². The van der Waals surface area contributed by atoms with Crippen LogP contribution >= 0.6 is 11.9 Å². The SMILES string of the molecule is C=C/C(=C\C)Sn1cc2c(n1)CN(C(=O)C(CO)c1ccccc1F)C2. The molecular weight excluding hydrogens is 353 g/mol. The maximum atomic E-state index is 14.0. The summed E-state index contributed by atoms with van der Waals surface area (Å²) >= 11 is 1.45. The number of carbonyl (C=O) groups is 1. The molecule has 1 N–H and O–H groups in total. The van der Waals surface area contributed by atoms with E-state index in [9.17, 15) is 14.3 Å². The highest BCUT2D eigenvalue weighted by Crippen LogP contribution is 2.29. The lowest BCUT2D eigenvalue weighted by Gasteiger charge is -2.22. The first kappa shape index (κ1) is 18.4. The van der Waals surface area contributed by atoms with E-state index in [0.717, 1.165) is 16.2 Å². The summed E-state index contributed by atoms with van der Waals surface area (Å²) in [4.78, 5) is 15.4. The van der Waals surface area contributed by atoms with E-state index < -0.39 is 18.3 Å². The number of carbonyl (C=O) groups excluding carboxylic acids is 1. The van der Waals surface area contributed by atoms with Crippen LogP contribution in [0.25, 0.3) is 0 Å². The molecule has 1 aromatic carbocycles. The largest absolute Gasteiger partial charge is 0.395 e. The highest BCUT2D eigenvalue weighted by atomic mass is 32.2. The molecule has 0 radical (unpaired) electrons. The van der Waals surface area contributed by atoms with Crippen molar-refractivity contribution < 1.29 is 14.3 Å². The molecule has 5 nitrogen and oxygen atoms in total. The van der Waals surface area contributed by atoms with Crippen molar-refractivity contribution in [1.29, 1.82) is 0 Å². The molecule has 1 atom stereocenters. The van der Waals surface area contributed by atoms with E-state index in [1.165, 1.54) is 24.1 Å². The van der Waals surface area contributed by atoms with E-state index in [4.69, 9.17) is 0 Å². The molecule has 1 aliphatic rings. The summed E-state index contributed by atoms with van der Waals surface area (Å²) in [6.07, 6.45) is 5.59. The van der Waals surface area contributed by atoms with Gasteiger partial charge in [-0.05, 0) is 13.0 Å². The van der Waals surface area contributed by atoms with E-state index in [1.807, 2.05) is 19.2 Å². The first-order valence-corrected chi connectivity index (χ1v) is 9.03. The number of hydrogen-bond donors (Lipinski definition) is 1. The highest BCUT2D eigenvalue weighted by molar-refractivity contribution is 8.01. The fraction of sp³-hybridized carbons (Fsp3) is 0.263. The maximum absolute atomic E-state index is 14.0. The summed E-state index contributed by atoms with van der Waals surface area (Å²) in [6.45, 7) is 6.00. The molecule has 0 fully saturated rings. The molecule has 136 valence electrons. The Bertz CT molecular complexity index is 839. The molecule has 0 spiro atoms. The van der Waals surface area contributed by atoms with Crippen molar-refractivity contribution in [2.75, 3.05) is 6.61 Å². The van der Waals surface area contributed by atoms with Gasteiger partial charge in [-0.2, -0.15) is 5.10 Å². The number of allylic oxidation sites excluding steroid dienone is 2. The summed E-state index contributed by atoms with van der Waals surface area (Å²) in [6, 6.07) is 6.05. The molecule has 2 aromatic rings. The summed E-state index contributed by atoms with van der Waals surface area (Å²) in [5, 5.41) is 14.1. The Labute approximate surface area is 155 Å². The second-order valence-corrected chi connectivity index (χ2v) is 6.97. The average molecular weight is 373 g/mol. The number of rotatable bonds is 6. The first-order valence-electron chi connectivity index (χ1n) is 8.26. The third-order valence-corrected chi connectivity index (χ3v) is 5.30. The van der Waals surface area contributed by atoms with Crippen molar-refractivity contribution in [2.45, 2.75) is 25.9 Å². The zero-order valence-corrected chi connectivity index (χ0v) is 15.2. The molecule has 0 aliphatic carbocycles. The van der Waals surface area contributed by atoms with Gasteiger partial charge in [-0.15, -0.1) is 0 Å². The van der Waals surface area contributed by atoms with Gasteiger partial charge in [0.05, 0.1) is 24.8 Å². The van der Waals surface area contributed by atoms with Crippen LogP contribution < -0.4 is 0 Å². The average Bonchev–Trinajstić information content (AvgIpc) is 3.20. The normalized spacial score (nSPS) is 15.0. The van der Waals surface area contributed by atoms with Gasteiger partial charge in [0.25, 0.3) is 0 Å².